The standard InChI is InChI=1S/C12H15FN4/c1-17-6-5-11(16-17)12(15-14)8-9-3-2-4-10(13)7-9/h2-7,12,15H,8,14H2,1H3. The van der Waals surface area contributed by atoms with E-state index < -0.39 is 0 Å². The molecule has 0 aliphatic carbocycles. The molecule has 4 nitrogen and oxygen atoms in total. The van der Waals surface area contributed by atoms with Gasteiger partial charge in [0.05, 0.1) is 11.7 Å². The molecular formula is C12H15FN4. The van der Waals surface area contributed by atoms with Crippen molar-refractivity contribution < 1.29 is 4.39 Å². The van der Waals surface area contributed by atoms with Gasteiger partial charge in [-0.05, 0) is 30.2 Å². The SMILES string of the molecule is Cn1ccc(C(Cc2cccc(F)c2)NN)n1. The number of benzene rings is 1. The van der Waals surface area contributed by atoms with E-state index in [0.29, 0.717) is 6.42 Å². The number of aryl methyl sites for hydroxylation is 1. The number of rotatable bonds is 4. The first kappa shape index (κ1) is 11.8. The zero-order valence-electron chi connectivity index (χ0n) is 9.60. The summed E-state index contributed by atoms with van der Waals surface area (Å²) in [7, 11) is 1.85. The lowest BCUT2D eigenvalue weighted by Gasteiger charge is -2.13. The van der Waals surface area contributed by atoms with Crippen LogP contribution in [0.3, 0.4) is 0 Å². The van der Waals surface area contributed by atoms with Crippen molar-refractivity contribution in [2.75, 3.05) is 0 Å². The Morgan fingerprint density at radius 2 is 2.29 bits per heavy atom. The van der Waals surface area contributed by atoms with Crippen molar-refractivity contribution in [1.82, 2.24) is 15.2 Å². The second kappa shape index (κ2) is 5.07. The molecular weight excluding hydrogens is 219 g/mol. The van der Waals surface area contributed by atoms with Crippen LogP contribution in [0.1, 0.15) is 17.3 Å². The van der Waals surface area contributed by atoms with Crippen molar-refractivity contribution in [3.8, 4) is 0 Å². The van der Waals surface area contributed by atoms with Gasteiger partial charge in [0.25, 0.3) is 0 Å². The fourth-order valence-electron chi connectivity index (χ4n) is 1.77. The number of halogens is 1. The van der Waals surface area contributed by atoms with E-state index >= 15 is 0 Å². The molecule has 0 spiro atoms. The molecule has 0 aliphatic heterocycles. The minimum atomic E-state index is -0.237. The first-order chi connectivity index (χ1) is 8.19. The topological polar surface area (TPSA) is 55.9 Å². The highest BCUT2D eigenvalue weighted by Crippen LogP contribution is 2.16. The highest BCUT2D eigenvalue weighted by Gasteiger charge is 2.13. The minimum Gasteiger partial charge on any atom is -0.275 e. The summed E-state index contributed by atoms with van der Waals surface area (Å²) in [5, 5.41) is 4.28. The average molecular weight is 234 g/mol. The quantitative estimate of drug-likeness (QED) is 0.619. The molecule has 0 amide bonds. The molecule has 0 bridgehead atoms. The predicted molar refractivity (Wildman–Crippen MR) is 63.4 cm³/mol. The van der Waals surface area contributed by atoms with Gasteiger partial charge in [0, 0.05) is 13.2 Å². The summed E-state index contributed by atoms with van der Waals surface area (Å²) < 4.78 is 14.8. The van der Waals surface area contributed by atoms with Gasteiger partial charge in [-0.2, -0.15) is 5.10 Å². The van der Waals surface area contributed by atoms with Crippen LogP contribution in [0.4, 0.5) is 4.39 Å². The fraction of sp³-hybridized carbons (Fsp3) is 0.250. The molecule has 0 saturated carbocycles. The second-order valence-corrected chi connectivity index (χ2v) is 3.97. The Morgan fingerprint density at radius 3 is 2.88 bits per heavy atom. The highest BCUT2D eigenvalue weighted by molar-refractivity contribution is 5.19. The van der Waals surface area contributed by atoms with Gasteiger partial charge in [-0.25, -0.2) is 4.39 Å². The van der Waals surface area contributed by atoms with Crippen molar-refractivity contribution >= 4 is 0 Å². The average Bonchev–Trinajstić information content (AvgIpc) is 2.73. The third kappa shape index (κ3) is 2.89. The maximum Gasteiger partial charge on any atom is 0.123 e. The molecule has 1 atom stereocenters. The molecule has 0 aliphatic rings. The highest BCUT2D eigenvalue weighted by atomic mass is 19.1. The van der Waals surface area contributed by atoms with E-state index in [9.17, 15) is 4.39 Å². The van der Waals surface area contributed by atoms with Crippen molar-refractivity contribution in [3.63, 3.8) is 0 Å². The van der Waals surface area contributed by atoms with Crippen LogP contribution in [0.25, 0.3) is 0 Å². The van der Waals surface area contributed by atoms with E-state index in [2.05, 4.69) is 10.5 Å². The van der Waals surface area contributed by atoms with Crippen LogP contribution in [0, 0.1) is 5.82 Å². The zero-order chi connectivity index (χ0) is 12.3. The van der Waals surface area contributed by atoms with Gasteiger partial charge < -0.3 is 0 Å². The Hall–Kier alpha value is -1.72. The lowest BCUT2D eigenvalue weighted by atomic mass is 10.0. The van der Waals surface area contributed by atoms with E-state index in [1.54, 1.807) is 10.7 Å². The Morgan fingerprint density at radius 1 is 1.47 bits per heavy atom. The van der Waals surface area contributed by atoms with Crippen LogP contribution in [-0.4, -0.2) is 9.78 Å². The lowest BCUT2D eigenvalue weighted by Crippen LogP contribution is -2.30. The minimum absolute atomic E-state index is 0.113. The lowest BCUT2D eigenvalue weighted by molar-refractivity contribution is 0.527. The number of hydrogen-bond donors (Lipinski definition) is 2. The number of nitrogens with one attached hydrogen (secondary N) is 1. The molecule has 90 valence electrons. The number of nitrogens with zero attached hydrogens (tertiary/aromatic N) is 2. The smallest absolute Gasteiger partial charge is 0.123 e. The van der Waals surface area contributed by atoms with Crippen molar-refractivity contribution in [2.24, 2.45) is 12.9 Å². The fourth-order valence-corrected chi connectivity index (χ4v) is 1.77. The Labute approximate surface area is 99.2 Å². The predicted octanol–water partition coefficient (Wildman–Crippen LogP) is 1.31. The van der Waals surface area contributed by atoms with E-state index in [4.69, 9.17) is 5.84 Å². The summed E-state index contributed by atoms with van der Waals surface area (Å²) in [6.45, 7) is 0. The third-order valence-electron chi connectivity index (χ3n) is 2.62. The number of hydrogen-bond acceptors (Lipinski definition) is 3. The normalized spacial score (nSPS) is 12.6. The molecule has 2 rings (SSSR count). The molecule has 2 aromatic rings. The first-order valence-corrected chi connectivity index (χ1v) is 5.39. The number of aromatic nitrogens is 2. The largest absolute Gasteiger partial charge is 0.275 e. The van der Waals surface area contributed by atoms with Gasteiger partial charge in [-0.15, -0.1) is 0 Å². The molecule has 0 saturated heterocycles. The van der Waals surface area contributed by atoms with E-state index in [1.165, 1.54) is 12.1 Å². The second-order valence-electron chi connectivity index (χ2n) is 3.97. The third-order valence-corrected chi connectivity index (χ3v) is 2.62. The molecule has 1 heterocycles. The summed E-state index contributed by atoms with van der Waals surface area (Å²) in [5.41, 5.74) is 4.44. The van der Waals surface area contributed by atoms with Gasteiger partial charge in [0.2, 0.25) is 0 Å². The zero-order valence-corrected chi connectivity index (χ0v) is 9.60. The van der Waals surface area contributed by atoms with Crippen molar-refractivity contribution in [3.05, 3.63) is 53.6 Å². The van der Waals surface area contributed by atoms with Crippen LogP contribution in [0.2, 0.25) is 0 Å². The van der Waals surface area contributed by atoms with E-state index in [0.717, 1.165) is 11.3 Å². The molecule has 0 radical (unpaired) electrons. The molecule has 3 N–H and O–H groups in total. The van der Waals surface area contributed by atoms with Gasteiger partial charge in [0.15, 0.2) is 0 Å². The Balaban J connectivity index is 2.15. The molecule has 5 heteroatoms. The molecule has 17 heavy (non-hydrogen) atoms. The van der Waals surface area contributed by atoms with Gasteiger partial charge in [-0.3, -0.25) is 16.0 Å². The van der Waals surface area contributed by atoms with Crippen LogP contribution >= 0.6 is 0 Å². The van der Waals surface area contributed by atoms with Gasteiger partial charge in [0.1, 0.15) is 5.82 Å². The van der Waals surface area contributed by atoms with E-state index in [1.807, 2.05) is 25.4 Å². The summed E-state index contributed by atoms with van der Waals surface area (Å²) in [5.74, 6) is 5.27. The summed E-state index contributed by atoms with van der Waals surface area (Å²) in [6.07, 6.45) is 2.45. The van der Waals surface area contributed by atoms with Crippen LogP contribution in [0.15, 0.2) is 36.5 Å². The maximum atomic E-state index is 13.1. The Bertz CT molecular complexity index is 495. The van der Waals surface area contributed by atoms with Crippen molar-refractivity contribution in [2.45, 2.75) is 12.5 Å². The summed E-state index contributed by atoms with van der Waals surface area (Å²) in [4.78, 5) is 0. The number of hydrazine groups is 1. The monoisotopic (exact) mass is 234 g/mol. The summed E-state index contributed by atoms with van der Waals surface area (Å²) >= 11 is 0. The van der Waals surface area contributed by atoms with Crippen LogP contribution in [-0.2, 0) is 13.5 Å². The number of nitrogens with two attached hydrogens (primary N) is 1. The van der Waals surface area contributed by atoms with E-state index in [-0.39, 0.29) is 11.9 Å². The molecule has 1 aromatic carbocycles. The maximum absolute atomic E-state index is 13.1. The van der Waals surface area contributed by atoms with Crippen LogP contribution < -0.4 is 11.3 Å². The Kier molecular flexibility index (Phi) is 3.51. The summed E-state index contributed by atoms with van der Waals surface area (Å²) in [6, 6.07) is 8.28. The van der Waals surface area contributed by atoms with Gasteiger partial charge >= 0.3 is 0 Å². The van der Waals surface area contributed by atoms with Crippen molar-refractivity contribution in [1.29, 1.82) is 0 Å². The van der Waals surface area contributed by atoms with Crippen LogP contribution in [0.5, 0.6) is 0 Å². The molecule has 0 fully saturated rings. The molecule has 1 unspecified atom stereocenters. The molecule has 1 aromatic heterocycles. The first-order valence-electron chi connectivity index (χ1n) is 5.39. The van der Waals surface area contributed by atoms with Gasteiger partial charge in [-0.1, -0.05) is 12.1 Å².